The van der Waals surface area contributed by atoms with Crippen molar-refractivity contribution < 1.29 is 8.83 Å². The van der Waals surface area contributed by atoms with Crippen molar-refractivity contribution >= 4 is 60.9 Å². The Balaban J connectivity index is 1.12. The average molecular weight is 731 g/mol. The van der Waals surface area contributed by atoms with Gasteiger partial charge in [0.15, 0.2) is 11.2 Å². The molecular formula is C53H34N2O2. The molecule has 11 aromatic rings. The molecule has 11 rings (SSSR count). The van der Waals surface area contributed by atoms with Gasteiger partial charge in [0.25, 0.3) is 0 Å². The van der Waals surface area contributed by atoms with Gasteiger partial charge in [0, 0.05) is 33.8 Å². The highest BCUT2D eigenvalue weighted by Gasteiger charge is 2.22. The minimum atomic E-state index is 0.592. The normalized spacial score (nSPS) is 11.5. The van der Waals surface area contributed by atoms with Crippen LogP contribution in [0.25, 0.3) is 88.6 Å². The second-order valence-electron chi connectivity index (χ2n) is 14.3. The molecule has 0 N–H and O–H groups in total. The third-order valence-corrected chi connectivity index (χ3v) is 10.9. The maximum Gasteiger partial charge on any atom is 0.227 e. The minimum Gasteiger partial charge on any atom is -0.454 e. The molecule has 0 unspecified atom stereocenters. The Hall–Kier alpha value is -7.69. The zero-order valence-corrected chi connectivity index (χ0v) is 30.8. The fraction of sp³-hybridized carbons (Fsp3) is 0. The predicted octanol–water partition coefficient (Wildman–Crippen LogP) is 15.0. The van der Waals surface area contributed by atoms with E-state index in [4.69, 9.17) is 13.8 Å². The number of oxazole rings is 1. The summed E-state index contributed by atoms with van der Waals surface area (Å²) >= 11 is 0. The standard InChI is InChI=1S/C53H34N2O2/c1-4-14-35(15-5-1)36-26-28-40(29-27-36)55(41-30-31-44(46(32-41)38-16-6-2-7-17-38)43-23-12-21-37-18-10-11-22-42(37)43)49-25-13-24-45-47-33-51-48(34-50(47)56-52(45)49)54-53(57-51)39-19-8-3-9-20-39/h1-34H. The van der Waals surface area contributed by atoms with E-state index in [1.54, 1.807) is 0 Å². The summed E-state index contributed by atoms with van der Waals surface area (Å²) in [7, 11) is 0. The fourth-order valence-corrected chi connectivity index (χ4v) is 8.17. The van der Waals surface area contributed by atoms with Crippen LogP contribution >= 0.6 is 0 Å². The maximum atomic E-state index is 6.86. The van der Waals surface area contributed by atoms with Gasteiger partial charge in [-0.1, -0.05) is 152 Å². The Labute approximate surface area is 329 Å². The summed E-state index contributed by atoms with van der Waals surface area (Å²) in [6.45, 7) is 0. The molecule has 0 atom stereocenters. The Bertz CT molecular complexity index is 3220. The van der Waals surface area contributed by atoms with E-state index in [1.165, 1.54) is 27.5 Å². The first-order valence-electron chi connectivity index (χ1n) is 19.2. The van der Waals surface area contributed by atoms with Crippen LogP contribution < -0.4 is 4.90 Å². The van der Waals surface area contributed by atoms with Gasteiger partial charge in [-0.25, -0.2) is 4.98 Å². The molecule has 268 valence electrons. The molecule has 0 aliphatic heterocycles. The third kappa shape index (κ3) is 5.74. The molecule has 0 fully saturated rings. The summed E-state index contributed by atoms with van der Waals surface area (Å²) in [5.41, 5.74) is 13.9. The zero-order valence-electron chi connectivity index (χ0n) is 30.8. The number of para-hydroxylation sites is 1. The van der Waals surface area contributed by atoms with E-state index in [2.05, 4.69) is 175 Å². The average Bonchev–Trinajstić information content (AvgIpc) is 3.88. The minimum absolute atomic E-state index is 0.592. The van der Waals surface area contributed by atoms with Gasteiger partial charge in [-0.2, -0.15) is 0 Å². The smallest absolute Gasteiger partial charge is 0.227 e. The fourth-order valence-electron chi connectivity index (χ4n) is 8.17. The summed E-state index contributed by atoms with van der Waals surface area (Å²) < 4.78 is 13.2. The lowest BCUT2D eigenvalue weighted by Crippen LogP contribution is -2.10. The van der Waals surface area contributed by atoms with Gasteiger partial charge in [-0.3, -0.25) is 0 Å². The van der Waals surface area contributed by atoms with Gasteiger partial charge in [0.2, 0.25) is 5.89 Å². The molecule has 0 aliphatic carbocycles. The summed E-state index contributed by atoms with van der Waals surface area (Å²) in [6, 6.07) is 72.4. The number of furan rings is 1. The maximum absolute atomic E-state index is 6.86. The van der Waals surface area contributed by atoms with Crippen LogP contribution in [0.2, 0.25) is 0 Å². The number of rotatable bonds is 7. The largest absolute Gasteiger partial charge is 0.454 e. The molecule has 9 aromatic carbocycles. The van der Waals surface area contributed by atoms with E-state index in [-0.39, 0.29) is 0 Å². The highest BCUT2D eigenvalue weighted by molar-refractivity contribution is 6.13. The Morgan fingerprint density at radius 2 is 1.00 bits per heavy atom. The van der Waals surface area contributed by atoms with Crippen molar-refractivity contribution in [2.24, 2.45) is 0 Å². The SMILES string of the molecule is c1ccc(-c2ccc(N(c3ccc(-c4cccc5ccccc45)c(-c4ccccc4)c3)c3cccc4c3oc3cc5nc(-c6ccccc6)oc5cc34)cc2)cc1. The molecule has 0 spiro atoms. The Morgan fingerprint density at radius 1 is 0.368 bits per heavy atom. The monoisotopic (exact) mass is 730 g/mol. The number of nitrogens with zero attached hydrogens (tertiary/aromatic N) is 2. The first-order chi connectivity index (χ1) is 28.2. The summed E-state index contributed by atoms with van der Waals surface area (Å²) in [5.74, 6) is 0.592. The van der Waals surface area contributed by atoms with Crippen LogP contribution in [0.4, 0.5) is 17.1 Å². The zero-order chi connectivity index (χ0) is 37.7. The number of fused-ring (bicyclic) bond motifs is 5. The molecule has 0 aliphatic rings. The van der Waals surface area contributed by atoms with Crippen molar-refractivity contribution in [2.45, 2.75) is 0 Å². The van der Waals surface area contributed by atoms with Gasteiger partial charge in [-0.05, 0) is 92.7 Å². The topological polar surface area (TPSA) is 42.4 Å². The number of benzene rings is 9. The van der Waals surface area contributed by atoms with E-state index in [0.717, 1.165) is 72.4 Å². The van der Waals surface area contributed by atoms with Crippen molar-refractivity contribution in [3.05, 3.63) is 206 Å². The van der Waals surface area contributed by atoms with Crippen LogP contribution in [-0.2, 0) is 0 Å². The molecule has 2 aromatic heterocycles. The van der Waals surface area contributed by atoms with Crippen LogP contribution in [0.3, 0.4) is 0 Å². The van der Waals surface area contributed by atoms with Crippen molar-refractivity contribution in [1.29, 1.82) is 0 Å². The van der Waals surface area contributed by atoms with Crippen LogP contribution in [0, 0.1) is 0 Å². The molecule has 0 saturated carbocycles. The second-order valence-corrected chi connectivity index (χ2v) is 14.3. The number of aromatic nitrogens is 1. The molecule has 0 bridgehead atoms. The van der Waals surface area contributed by atoms with E-state index in [0.29, 0.717) is 5.89 Å². The van der Waals surface area contributed by atoms with Crippen LogP contribution in [0.15, 0.2) is 215 Å². The van der Waals surface area contributed by atoms with Crippen LogP contribution in [0.5, 0.6) is 0 Å². The first kappa shape index (κ1) is 32.7. The number of hydrogen-bond donors (Lipinski definition) is 0. The number of anilines is 3. The predicted molar refractivity (Wildman–Crippen MR) is 235 cm³/mol. The first-order valence-corrected chi connectivity index (χ1v) is 19.2. The van der Waals surface area contributed by atoms with E-state index in [1.807, 2.05) is 36.4 Å². The van der Waals surface area contributed by atoms with Crippen molar-refractivity contribution in [3.8, 4) is 44.8 Å². The second kappa shape index (κ2) is 13.6. The summed E-state index contributed by atoms with van der Waals surface area (Å²) in [6.07, 6.45) is 0. The van der Waals surface area contributed by atoms with Gasteiger partial charge in [0.1, 0.15) is 11.1 Å². The number of hydrogen-bond acceptors (Lipinski definition) is 4. The van der Waals surface area contributed by atoms with Gasteiger partial charge >= 0.3 is 0 Å². The molecule has 4 heteroatoms. The molecule has 0 radical (unpaired) electrons. The van der Waals surface area contributed by atoms with Crippen molar-refractivity contribution in [3.63, 3.8) is 0 Å². The quantitative estimate of drug-likeness (QED) is 0.164. The molecule has 2 heterocycles. The lowest BCUT2D eigenvalue weighted by Gasteiger charge is -2.27. The molecular weight excluding hydrogens is 697 g/mol. The third-order valence-electron chi connectivity index (χ3n) is 10.9. The van der Waals surface area contributed by atoms with Gasteiger partial charge in [0.05, 0.1) is 5.69 Å². The highest BCUT2D eigenvalue weighted by Crippen LogP contribution is 2.46. The lowest BCUT2D eigenvalue weighted by molar-refractivity contribution is 0.620. The van der Waals surface area contributed by atoms with E-state index >= 15 is 0 Å². The Kier molecular flexibility index (Phi) is 7.78. The van der Waals surface area contributed by atoms with Gasteiger partial charge in [-0.15, -0.1) is 0 Å². The van der Waals surface area contributed by atoms with Crippen LogP contribution in [-0.4, -0.2) is 4.98 Å². The molecule has 57 heavy (non-hydrogen) atoms. The lowest BCUT2D eigenvalue weighted by atomic mass is 9.90. The highest BCUT2D eigenvalue weighted by atomic mass is 16.4. The molecule has 4 nitrogen and oxygen atoms in total. The van der Waals surface area contributed by atoms with Crippen LogP contribution in [0.1, 0.15) is 0 Å². The molecule has 0 amide bonds. The summed E-state index contributed by atoms with van der Waals surface area (Å²) in [4.78, 5) is 7.16. The van der Waals surface area contributed by atoms with E-state index in [9.17, 15) is 0 Å². The van der Waals surface area contributed by atoms with Crippen molar-refractivity contribution in [1.82, 2.24) is 4.98 Å². The summed E-state index contributed by atoms with van der Waals surface area (Å²) in [5, 5.41) is 4.42. The van der Waals surface area contributed by atoms with Gasteiger partial charge < -0.3 is 13.7 Å². The molecule has 0 saturated heterocycles. The van der Waals surface area contributed by atoms with E-state index < -0.39 is 0 Å². The van der Waals surface area contributed by atoms with Crippen molar-refractivity contribution in [2.75, 3.05) is 4.90 Å². The Morgan fingerprint density at radius 3 is 1.79 bits per heavy atom.